The van der Waals surface area contributed by atoms with Crippen LogP contribution in [0.1, 0.15) is 44.0 Å². The first-order valence-corrected chi connectivity index (χ1v) is 10.1. The van der Waals surface area contributed by atoms with Crippen molar-refractivity contribution in [3.63, 3.8) is 0 Å². The largest absolute Gasteiger partial charge is 0.495 e. The lowest BCUT2D eigenvalue weighted by Crippen LogP contribution is -2.17. The predicted octanol–water partition coefficient (Wildman–Crippen LogP) is 3.74. The van der Waals surface area contributed by atoms with Gasteiger partial charge in [0, 0.05) is 18.2 Å². The Kier molecular flexibility index (Phi) is 6.50. The van der Waals surface area contributed by atoms with E-state index in [-0.39, 0.29) is 23.0 Å². The third-order valence-electron chi connectivity index (χ3n) is 4.78. The molecule has 1 aliphatic carbocycles. The van der Waals surface area contributed by atoms with Crippen LogP contribution in [0, 0.1) is 17.0 Å². The van der Waals surface area contributed by atoms with Gasteiger partial charge in [-0.2, -0.15) is 0 Å². The average Bonchev–Trinajstić information content (AvgIpc) is 3.07. The number of nitrogens with zero attached hydrogens (tertiary/aromatic N) is 4. The van der Waals surface area contributed by atoms with Crippen molar-refractivity contribution in [1.29, 1.82) is 0 Å². The van der Waals surface area contributed by atoms with Crippen LogP contribution in [-0.2, 0) is 4.79 Å². The zero-order chi connectivity index (χ0) is 20.1. The van der Waals surface area contributed by atoms with Gasteiger partial charge in [0.15, 0.2) is 5.16 Å². The van der Waals surface area contributed by atoms with Gasteiger partial charge in [-0.1, -0.05) is 31.0 Å². The van der Waals surface area contributed by atoms with Crippen LogP contribution in [0.4, 0.5) is 11.4 Å². The van der Waals surface area contributed by atoms with Gasteiger partial charge < -0.3 is 14.6 Å². The molecule has 2 aromatic rings. The number of aromatic nitrogens is 3. The molecule has 9 nitrogen and oxygen atoms in total. The zero-order valence-corrected chi connectivity index (χ0v) is 16.7. The highest BCUT2D eigenvalue weighted by molar-refractivity contribution is 7.99. The molecule has 0 aliphatic heterocycles. The Bertz CT molecular complexity index is 864. The second-order valence-electron chi connectivity index (χ2n) is 6.67. The van der Waals surface area contributed by atoms with E-state index >= 15 is 0 Å². The Morgan fingerprint density at radius 1 is 1.36 bits per heavy atom. The van der Waals surface area contributed by atoms with Gasteiger partial charge in [0.05, 0.1) is 23.5 Å². The lowest BCUT2D eigenvalue weighted by Gasteiger charge is -2.24. The molecule has 1 heterocycles. The van der Waals surface area contributed by atoms with E-state index in [4.69, 9.17) is 4.74 Å². The van der Waals surface area contributed by atoms with Crippen LogP contribution in [-0.4, -0.2) is 38.5 Å². The molecule has 0 unspecified atom stereocenters. The molecule has 0 radical (unpaired) electrons. The van der Waals surface area contributed by atoms with Crippen molar-refractivity contribution in [2.45, 2.75) is 50.2 Å². The van der Waals surface area contributed by atoms with Gasteiger partial charge in [-0.25, -0.2) is 0 Å². The van der Waals surface area contributed by atoms with Gasteiger partial charge >= 0.3 is 0 Å². The number of benzene rings is 1. The average molecular weight is 405 g/mol. The standard InChI is InChI=1S/C18H23N5O4S/c1-12-20-21-18(22(12)13-6-4-3-5-7-13)28-11-17(24)19-15-10-14(23(25)26)8-9-16(15)27-2/h8-10,13H,3-7,11H2,1-2H3,(H,19,24). The maximum absolute atomic E-state index is 12.4. The zero-order valence-electron chi connectivity index (χ0n) is 15.9. The van der Waals surface area contributed by atoms with E-state index in [1.54, 1.807) is 0 Å². The molecule has 1 aromatic heterocycles. The van der Waals surface area contributed by atoms with E-state index in [0.29, 0.717) is 11.8 Å². The number of thioether (sulfide) groups is 1. The molecule has 1 aliphatic rings. The number of anilines is 1. The number of amides is 1. The summed E-state index contributed by atoms with van der Waals surface area (Å²) in [5, 5.41) is 22.8. The third-order valence-corrected chi connectivity index (χ3v) is 5.72. The second-order valence-corrected chi connectivity index (χ2v) is 7.61. The van der Waals surface area contributed by atoms with E-state index < -0.39 is 4.92 Å². The SMILES string of the molecule is COc1ccc([N+](=O)[O-])cc1NC(=O)CSc1nnc(C)n1C1CCCCC1. The van der Waals surface area contributed by atoms with Crippen LogP contribution < -0.4 is 10.1 Å². The van der Waals surface area contributed by atoms with Crippen LogP contribution in [0.5, 0.6) is 5.75 Å². The number of ether oxygens (including phenoxy) is 1. The Balaban J connectivity index is 1.67. The van der Waals surface area contributed by atoms with Crippen LogP contribution in [0.25, 0.3) is 0 Å². The molecule has 1 saturated carbocycles. The molecular weight excluding hydrogens is 382 g/mol. The number of hydrogen-bond acceptors (Lipinski definition) is 7. The van der Waals surface area contributed by atoms with Gasteiger partial charge in [0.25, 0.3) is 5.69 Å². The molecule has 10 heteroatoms. The third kappa shape index (κ3) is 4.61. The van der Waals surface area contributed by atoms with Crippen molar-refractivity contribution in [3.8, 4) is 5.75 Å². The second kappa shape index (κ2) is 9.05. The van der Waals surface area contributed by atoms with Gasteiger partial charge in [-0.05, 0) is 25.8 Å². The van der Waals surface area contributed by atoms with Crippen molar-refractivity contribution in [2.24, 2.45) is 0 Å². The maximum atomic E-state index is 12.4. The van der Waals surface area contributed by atoms with Crippen molar-refractivity contribution in [1.82, 2.24) is 14.8 Å². The van der Waals surface area contributed by atoms with Crippen molar-refractivity contribution in [3.05, 3.63) is 34.1 Å². The fourth-order valence-corrected chi connectivity index (χ4v) is 4.28. The Labute approximate surface area is 167 Å². The normalized spacial score (nSPS) is 14.6. The first kappa shape index (κ1) is 20.1. The molecule has 0 spiro atoms. The molecule has 0 bridgehead atoms. The van der Waals surface area contributed by atoms with E-state index in [1.165, 1.54) is 56.3 Å². The number of methoxy groups -OCH3 is 1. The summed E-state index contributed by atoms with van der Waals surface area (Å²) in [5.41, 5.74) is 0.156. The summed E-state index contributed by atoms with van der Waals surface area (Å²) in [5.74, 6) is 1.05. The molecule has 28 heavy (non-hydrogen) atoms. The van der Waals surface area contributed by atoms with Crippen molar-refractivity contribution in [2.75, 3.05) is 18.2 Å². The molecule has 0 atom stereocenters. The first-order valence-electron chi connectivity index (χ1n) is 9.16. The van der Waals surface area contributed by atoms with Gasteiger partial charge in [-0.15, -0.1) is 10.2 Å². The monoisotopic (exact) mass is 405 g/mol. The smallest absolute Gasteiger partial charge is 0.271 e. The van der Waals surface area contributed by atoms with Crippen LogP contribution in [0.15, 0.2) is 23.4 Å². The number of nitro benzene ring substituents is 1. The fourth-order valence-electron chi connectivity index (χ4n) is 3.43. The lowest BCUT2D eigenvalue weighted by atomic mass is 9.95. The minimum Gasteiger partial charge on any atom is -0.495 e. The van der Waals surface area contributed by atoms with Gasteiger partial charge in [-0.3, -0.25) is 14.9 Å². The summed E-state index contributed by atoms with van der Waals surface area (Å²) in [7, 11) is 1.45. The predicted molar refractivity (Wildman–Crippen MR) is 106 cm³/mol. The summed E-state index contributed by atoms with van der Waals surface area (Å²) in [6.45, 7) is 1.93. The Morgan fingerprint density at radius 3 is 2.79 bits per heavy atom. The fraction of sp³-hybridized carbons (Fsp3) is 0.500. The number of carbonyl (C=O) groups excluding carboxylic acids is 1. The number of carbonyl (C=O) groups is 1. The topological polar surface area (TPSA) is 112 Å². The molecule has 1 aromatic carbocycles. The maximum Gasteiger partial charge on any atom is 0.271 e. The van der Waals surface area contributed by atoms with Crippen molar-refractivity contribution < 1.29 is 14.5 Å². The summed E-state index contributed by atoms with van der Waals surface area (Å²) >= 11 is 1.32. The summed E-state index contributed by atoms with van der Waals surface area (Å²) in [6.07, 6.45) is 5.85. The molecule has 1 N–H and O–H groups in total. The van der Waals surface area contributed by atoms with Crippen LogP contribution in [0.2, 0.25) is 0 Å². The summed E-state index contributed by atoms with van der Waals surface area (Å²) in [4.78, 5) is 22.9. The van der Waals surface area contributed by atoms with Gasteiger partial charge in [0.1, 0.15) is 11.6 Å². The lowest BCUT2D eigenvalue weighted by molar-refractivity contribution is -0.384. The quantitative estimate of drug-likeness (QED) is 0.424. The van der Waals surface area contributed by atoms with E-state index in [0.717, 1.165) is 23.8 Å². The summed E-state index contributed by atoms with van der Waals surface area (Å²) in [6, 6.07) is 4.46. The molecule has 3 rings (SSSR count). The first-order chi connectivity index (χ1) is 13.5. The Hall–Kier alpha value is -2.62. The number of rotatable bonds is 7. The highest BCUT2D eigenvalue weighted by Gasteiger charge is 2.22. The van der Waals surface area contributed by atoms with E-state index in [9.17, 15) is 14.9 Å². The molecular formula is C18H23N5O4S. The van der Waals surface area contributed by atoms with Gasteiger partial charge in [0.2, 0.25) is 5.91 Å². The van der Waals surface area contributed by atoms with E-state index in [2.05, 4.69) is 20.1 Å². The Morgan fingerprint density at radius 2 is 2.11 bits per heavy atom. The number of hydrogen-bond donors (Lipinski definition) is 1. The van der Waals surface area contributed by atoms with Crippen molar-refractivity contribution >= 4 is 29.0 Å². The van der Waals surface area contributed by atoms with E-state index in [1.807, 2.05) is 6.92 Å². The molecule has 150 valence electrons. The molecule has 1 fully saturated rings. The highest BCUT2D eigenvalue weighted by Crippen LogP contribution is 2.33. The highest BCUT2D eigenvalue weighted by atomic mass is 32.2. The summed E-state index contributed by atoms with van der Waals surface area (Å²) < 4.78 is 7.30. The number of nitro groups is 1. The van der Waals surface area contributed by atoms with Crippen LogP contribution >= 0.6 is 11.8 Å². The minimum atomic E-state index is -0.515. The number of non-ortho nitro benzene ring substituents is 1. The number of nitrogens with one attached hydrogen (secondary N) is 1. The van der Waals surface area contributed by atoms with Crippen LogP contribution in [0.3, 0.4) is 0 Å². The molecule has 0 saturated heterocycles. The number of aryl methyl sites for hydroxylation is 1. The molecule has 1 amide bonds. The minimum absolute atomic E-state index is 0.114.